The van der Waals surface area contributed by atoms with Gasteiger partial charge in [-0.05, 0) is 54.3 Å². The smallest absolute Gasteiger partial charge is 0.534 e. The van der Waals surface area contributed by atoms with Gasteiger partial charge in [0.1, 0.15) is 23.2 Å². The van der Waals surface area contributed by atoms with E-state index in [1.54, 1.807) is 0 Å². The Labute approximate surface area is 321 Å². The number of carbonyl (C=O) groups excluding carboxylic acids is 4. The molecule has 2 atom stereocenters. The van der Waals surface area contributed by atoms with Gasteiger partial charge in [-0.3, -0.25) is 14.2 Å². The molecule has 3 aromatic rings. The summed E-state index contributed by atoms with van der Waals surface area (Å²) in [6.45, 7) is -1.19. The maximum Gasteiger partial charge on any atom is 0.547 e. The number of nitrogens with zero attached hydrogens (tertiary/aromatic N) is 2. The SMILES string of the molecule is O=C(NCCCS(=O)(=O)N1CCN(C(=O)NC(C(=O)NC2Cc3ccc(F)c(C(=O)O)c3OB2O)c2ccc(P(=O)(O)O)cc2)C1=O)c1ccc(O)c(O)c1Cl. The molecule has 25 heteroatoms. The fourth-order valence-electron chi connectivity index (χ4n) is 5.74. The number of carbonyl (C=O) groups is 5. The summed E-state index contributed by atoms with van der Waals surface area (Å²) < 4.78 is 57.8. The molecule has 2 aliphatic heterocycles. The molecular formula is C31H31BClFN5O15PS. The predicted octanol–water partition coefficient (Wildman–Crippen LogP) is 0.169. The molecule has 3 aromatic carbocycles. The van der Waals surface area contributed by atoms with Crippen LogP contribution in [0.15, 0.2) is 48.5 Å². The largest absolute Gasteiger partial charge is 0.547 e. The third-order valence-corrected chi connectivity index (χ3v) is 11.8. The molecule has 2 unspecified atom stereocenters. The van der Waals surface area contributed by atoms with Crippen LogP contribution in [0.4, 0.5) is 14.0 Å². The van der Waals surface area contributed by atoms with Gasteiger partial charge in [0.25, 0.3) is 5.91 Å². The van der Waals surface area contributed by atoms with Crippen molar-refractivity contribution in [2.24, 2.45) is 0 Å². The lowest BCUT2D eigenvalue weighted by Gasteiger charge is -2.30. The fraction of sp³-hybridized carbons (Fsp3) is 0.258. The van der Waals surface area contributed by atoms with Crippen molar-refractivity contribution >= 4 is 71.5 Å². The first-order valence-corrected chi connectivity index (χ1v) is 19.8. The van der Waals surface area contributed by atoms with E-state index in [1.165, 1.54) is 6.07 Å². The Morgan fingerprint density at radius 1 is 1.05 bits per heavy atom. The second kappa shape index (κ2) is 16.3. The van der Waals surface area contributed by atoms with E-state index in [1.807, 2.05) is 0 Å². The number of benzene rings is 3. The molecule has 5 rings (SSSR count). The van der Waals surface area contributed by atoms with E-state index in [-0.39, 0.29) is 36.1 Å². The monoisotopic (exact) mass is 841 g/mol. The fourth-order valence-corrected chi connectivity index (χ4v) is 7.95. The molecule has 0 aromatic heterocycles. The second-order valence-electron chi connectivity index (χ2n) is 12.3. The van der Waals surface area contributed by atoms with Crippen LogP contribution in [0.5, 0.6) is 17.2 Å². The van der Waals surface area contributed by atoms with Gasteiger partial charge in [-0.1, -0.05) is 29.8 Å². The van der Waals surface area contributed by atoms with Crippen LogP contribution in [0.25, 0.3) is 0 Å². The number of hydrogen-bond acceptors (Lipinski definition) is 12. The van der Waals surface area contributed by atoms with Crippen LogP contribution in [0.2, 0.25) is 5.02 Å². The number of nitrogens with one attached hydrogen (secondary N) is 3. The summed E-state index contributed by atoms with van der Waals surface area (Å²) in [5.74, 6) is -8.43. The number of imide groups is 1. The van der Waals surface area contributed by atoms with Crippen LogP contribution >= 0.6 is 19.2 Å². The Morgan fingerprint density at radius 3 is 2.38 bits per heavy atom. The van der Waals surface area contributed by atoms with Crippen molar-refractivity contribution in [3.63, 3.8) is 0 Å². The summed E-state index contributed by atoms with van der Waals surface area (Å²) >= 11 is 5.87. The van der Waals surface area contributed by atoms with Crippen LogP contribution in [0.1, 0.15) is 44.3 Å². The molecule has 0 aliphatic carbocycles. The van der Waals surface area contributed by atoms with Crippen LogP contribution < -0.4 is 25.9 Å². The van der Waals surface area contributed by atoms with Crippen molar-refractivity contribution < 1.29 is 76.1 Å². The van der Waals surface area contributed by atoms with Crippen molar-refractivity contribution in [2.75, 3.05) is 25.4 Å². The summed E-state index contributed by atoms with van der Waals surface area (Å²) in [6.07, 6.45) is -0.498. The number of phenolic OH excluding ortho intramolecular Hbond substituents is 2. The molecular weight excluding hydrogens is 811 g/mol. The molecule has 0 saturated carbocycles. The minimum Gasteiger partial charge on any atom is -0.534 e. The molecule has 56 heavy (non-hydrogen) atoms. The quantitative estimate of drug-likeness (QED) is 0.0508. The highest BCUT2D eigenvalue weighted by molar-refractivity contribution is 7.89. The Balaban J connectivity index is 1.27. The van der Waals surface area contributed by atoms with E-state index in [0.717, 1.165) is 42.5 Å². The lowest BCUT2D eigenvalue weighted by molar-refractivity contribution is -0.123. The number of urea groups is 2. The molecule has 0 radical (unpaired) electrons. The molecule has 2 heterocycles. The van der Waals surface area contributed by atoms with Gasteiger partial charge < -0.3 is 50.7 Å². The third-order valence-electron chi connectivity index (χ3n) is 8.60. The second-order valence-corrected chi connectivity index (χ2v) is 16.3. The van der Waals surface area contributed by atoms with E-state index < -0.39 is 124 Å². The Hall–Kier alpha value is -5.45. The van der Waals surface area contributed by atoms with Crippen molar-refractivity contribution in [2.45, 2.75) is 24.8 Å². The summed E-state index contributed by atoms with van der Waals surface area (Å²) in [5, 5.41) is 45.5. The van der Waals surface area contributed by atoms with Gasteiger partial charge in [0.05, 0.1) is 40.7 Å². The number of carboxylic acid groups (broad SMARTS) is 1. The maximum atomic E-state index is 14.2. The van der Waals surface area contributed by atoms with Gasteiger partial charge in [0.2, 0.25) is 15.9 Å². The Kier molecular flexibility index (Phi) is 12.2. The van der Waals surface area contributed by atoms with E-state index in [4.69, 9.17) is 16.3 Å². The molecule has 9 N–H and O–H groups in total. The number of phenols is 2. The minimum atomic E-state index is -4.75. The number of aromatic carboxylic acids is 1. The van der Waals surface area contributed by atoms with Crippen molar-refractivity contribution in [1.29, 1.82) is 0 Å². The van der Waals surface area contributed by atoms with E-state index in [2.05, 4.69) is 16.0 Å². The molecule has 298 valence electrons. The zero-order chi connectivity index (χ0) is 41.3. The topological polar surface area (TPSA) is 310 Å². The van der Waals surface area contributed by atoms with Gasteiger partial charge >= 0.3 is 32.7 Å². The Bertz CT molecular complexity index is 2270. The lowest BCUT2D eigenvalue weighted by Crippen LogP contribution is -2.56. The molecule has 0 spiro atoms. The molecule has 20 nitrogen and oxygen atoms in total. The summed E-state index contributed by atoms with van der Waals surface area (Å²) in [6, 6.07) is 4.00. The number of fused-ring (bicyclic) bond motifs is 1. The zero-order valence-electron chi connectivity index (χ0n) is 28.5. The maximum absolute atomic E-state index is 14.2. The van der Waals surface area contributed by atoms with Gasteiger partial charge in [-0.2, -0.15) is 0 Å². The minimum absolute atomic E-state index is 0.0862. The number of aromatic hydroxyl groups is 2. The van der Waals surface area contributed by atoms with Crippen LogP contribution in [0.3, 0.4) is 0 Å². The number of hydrogen-bond donors (Lipinski definition) is 9. The average molecular weight is 842 g/mol. The first-order valence-electron chi connectivity index (χ1n) is 16.2. The normalized spacial score (nSPS) is 16.1. The lowest BCUT2D eigenvalue weighted by atomic mass is 9.72. The van der Waals surface area contributed by atoms with Gasteiger partial charge in [0, 0.05) is 6.54 Å². The number of rotatable bonds is 12. The van der Waals surface area contributed by atoms with Crippen LogP contribution in [-0.2, 0) is 25.8 Å². The van der Waals surface area contributed by atoms with Crippen LogP contribution in [-0.4, -0.2) is 116 Å². The number of sulfonamides is 1. The van der Waals surface area contributed by atoms with E-state index >= 15 is 0 Å². The number of carboxylic acids is 1. The summed E-state index contributed by atoms with van der Waals surface area (Å²) in [4.78, 5) is 83.9. The predicted molar refractivity (Wildman–Crippen MR) is 191 cm³/mol. The molecule has 2 aliphatic rings. The summed E-state index contributed by atoms with van der Waals surface area (Å²) in [7, 11) is -11.1. The van der Waals surface area contributed by atoms with E-state index in [0.29, 0.717) is 9.21 Å². The molecule has 1 saturated heterocycles. The van der Waals surface area contributed by atoms with E-state index in [9.17, 15) is 71.5 Å². The van der Waals surface area contributed by atoms with Gasteiger partial charge in [-0.25, -0.2) is 36.4 Å². The number of halogens is 2. The third kappa shape index (κ3) is 8.82. The molecule has 6 amide bonds. The van der Waals surface area contributed by atoms with Crippen LogP contribution in [0, 0.1) is 5.82 Å². The van der Waals surface area contributed by atoms with Gasteiger partial charge in [0.15, 0.2) is 11.5 Å². The molecule has 0 bridgehead atoms. The highest BCUT2D eigenvalue weighted by Gasteiger charge is 2.43. The van der Waals surface area contributed by atoms with Crippen molar-refractivity contribution in [3.05, 3.63) is 81.6 Å². The summed E-state index contributed by atoms with van der Waals surface area (Å²) in [5.41, 5.74) is -1.04. The highest BCUT2D eigenvalue weighted by Crippen LogP contribution is 2.36. The van der Waals surface area contributed by atoms with Crippen molar-refractivity contribution in [1.82, 2.24) is 25.2 Å². The van der Waals surface area contributed by atoms with Gasteiger partial charge in [-0.15, -0.1) is 0 Å². The molecule has 1 fully saturated rings. The highest BCUT2D eigenvalue weighted by atomic mass is 35.5. The standard InChI is InChI=1S/C31H31BClFN5O15PS/c33-23-18(7-9-20(40)25(23)41)27(42)35-10-1-13-56(52,53)39-12-11-38(31(39)47)30(46)37-24(15-2-5-17(6-3-15)55(49,50)51)28(43)36-21-14-16-4-8-19(34)22(29(44)45)26(16)54-32(21)48/h2-9,21,24,40-41,48H,1,10-14H2,(H,35,42)(H,36,43)(H,37,46)(H,44,45)(H2,49,50,51). The Morgan fingerprint density at radius 2 is 1.73 bits per heavy atom. The average Bonchev–Trinajstić information content (AvgIpc) is 3.53. The van der Waals surface area contributed by atoms with Crippen molar-refractivity contribution in [3.8, 4) is 17.2 Å². The number of amides is 6. The zero-order valence-corrected chi connectivity index (χ0v) is 30.9. The first kappa shape index (κ1) is 41.7. The first-order chi connectivity index (χ1) is 26.2.